The van der Waals surface area contributed by atoms with Crippen molar-refractivity contribution in [3.05, 3.63) is 35.9 Å². The van der Waals surface area contributed by atoms with E-state index >= 15 is 0 Å². The third-order valence-corrected chi connectivity index (χ3v) is 5.11. The largest absolute Gasteiger partial charge is 0.393 e. The van der Waals surface area contributed by atoms with Gasteiger partial charge in [-0.3, -0.25) is 9.80 Å². The Bertz CT molecular complexity index is 436. The quantitative estimate of drug-likeness (QED) is 0.895. The highest BCUT2D eigenvalue weighted by atomic mass is 16.3. The molecule has 110 valence electrons. The Hall–Kier alpha value is -0.900. The van der Waals surface area contributed by atoms with Crippen LogP contribution in [-0.2, 0) is 6.54 Å². The van der Waals surface area contributed by atoms with Crippen LogP contribution in [0.3, 0.4) is 0 Å². The van der Waals surface area contributed by atoms with E-state index in [4.69, 9.17) is 0 Å². The van der Waals surface area contributed by atoms with Gasteiger partial charge in [-0.05, 0) is 44.8 Å². The molecule has 0 bridgehead atoms. The molecule has 0 aliphatic carbocycles. The summed E-state index contributed by atoms with van der Waals surface area (Å²) in [5.74, 6) is 0. The Kier molecular flexibility index (Phi) is 4.11. The molecule has 1 aromatic carbocycles. The second kappa shape index (κ2) is 5.84. The van der Waals surface area contributed by atoms with Crippen molar-refractivity contribution in [2.75, 3.05) is 26.7 Å². The molecule has 0 saturated carbocycles. The first-order valence-corrected chi connectivity index (χ1v) is 7.84. The molecule has 3 nitrogen and oxygen atoms in total. The van der Waals surface area contributed by atoms with Crippen molar-refractivity contribution < 1.29 is 5.11 Å². The lowest BCUT2D eigenvalue weighted by Gasteiger charge is -2.52. The molecule has 20 heavy (non-hydrogen) atoms. The fourth-order valence-electron chi connectivity index (χ4n) is 3.94. The van der Waals surface area contributed by atoms with E-state index in [1.165, 1.54) is 24.9 Å². The van der Waals surface area contributed by atoms with Crippen molar-refractivity contribution in [1.82, 2.24) is 9.80 Å². The van der Waals surface area contributed by atoms with Gasteiger partial charge in [0.2, 0.25) is 0 Å². The van der Waals surface area contributed by atoms with Crippen LogP contribution in [0, 0.1) is 0 Å². The molecule has 2 atom stereocenters. The molecular weight excluding hydrogens is 248 g/mol. The monoisotopic (exact) mass is 274 g/mol. The highest BCUT2D eigenvalue weighted by Crippen LogP contribution is 2.35. The summed E-state index contributed by atoms with van der Waals surface area (Å²) >= 11 is 0. The van der Waals surface area contributed by atoms with Crippen molar-refractivity contribution in [2.45, 2.75) is 43.9 Å². The van der Waals surface area contributed by atoms with Crippen LogP contribution in [0.5, 0.6) is 0 Å². The number of hydrogen-bond acceptors (Lipinski definition) is 3. The lowest BCUT2D eigenvalue weighted by atomic mass is 9.79. The number of aliphatic hydroxyl groups excluding tert-OH is 1. The maximum atomic E-state index is 10.1. The second-order valence-corrected chi connectivity index (χ2v) is 6.59. The summed E-state index contributed by atoms with van der Waals surface area (Å²) < 4.78 is 0. The number of rotatable bonds is 2. The third kappa shape index (κ3) is 2.90. The number of likely N-dealkylation sites (N-methyl/N-ethyl adjacent to an activating group) is 1. The summed E-state index contributed by atoms with van der Waals surface area (Å²) in [5.41, 5.74) is 1.59. The second-order valence-electron chi connectivity index (χ2n) is 6.59. The van der Waals surface area contributed by atoms with Gasteiger partial charge in [0, 0.05) is 25.2 Å². The van der Waals surface area contributed by atoms with Gasteiger partial charge in [-0.25, -0.2) is 0 Å². The Labute approximate surface area is 122 Å². The zero-order chi connectivity index (χ0) is 14.0. The Balaban J connectivity index is 1.69. The van der Waals surface area contributed by atoms with Gasteiger partial charge in [-0.2, -0.15) is 0 Å². The maximum Gasteiger partial charge on any atom is 0.0570 e. The van der Waals surface area contributed by atoms with E-state index in [0.717, 1.165) is 32.5 Å². The van der Waals surface area contributed by atoms with E-state index in [-0.39, 0.29) is 11.6 Å². The molecule has 3 rings (SSSR count). The molecule has 0 amide bonds. The first-order valence-electron chi connectivity index (χ1n) is 7.84. The fourth-order valence-corrected chi connectivity index (χ4v) is 3.94. The summed E-state index contributed by atoms with van der Waals surface area (Å²) in [7, 11) is 2.23. The van der Waals surface area contributed by atoms with Crippen LogP contribution >= 0.6 is 0 Å². The smallest absolute Gasteiger partial charge is 0.0570 e. The van der Waals surface area contributed by atoms with E-state index in [1.54, 1.807) is 0 Å². The minimum absolute atomic E-state index is 0.108. The van der Waals surface area contributed by atoms with Gasteiger partial charge in [0.25, 0.3) is 0 Å². The summed E-state index contributed by atoms with van der Waals surface area (Å²) in [6, 6.07) is 10.7. The van der Waals surface area contributed by atoms with E-state index in [2.05, 4.69) is 47.2 Å². The lowest BCUT2D eigenvalue weighted by molar-refractivity contribution is -0.0492. The van der Waals surface area contributed by atoms with E-state index in [9.17, 15) is 5.11 Å². The first kappa shape index (κ1) is 14.1. The van der Waals surface area contributed by atoms with Crippen molar-refractivity contribution >= 4 is 0 Å². The minimum atomic E-state index is -0.108. The van der Waals surface area contributed by atoms with Gasteiger partial charge < -0.3 is 5.11 Å². The predicted molar refractivity (Wildman–Crippen MR) is 81.6 cm³/mol. The molecule has 2 fully saturated rings. The Morgan fingerprint density at radius 1 is 1.25 bits per heavy atom. The molecule has 1 aromatic rings. The van der Waals surface area contributed by atoms with Gasteiger partial charge in [-0.1, -0.05) is 30.3 Å². The number of benzene rings is 1. The van der Waals surface area contributed by atoms with Crippen LogP contribution in [-0.4, -0.2) is 53.2 Å². The maximum absolute atomic E-state index is 10.1. The Morgan fingerprint density at radius 3 is 2.85 bits per heavy atom. The van der Waals surface area contributed by atoms with Crippen molar-refractivity contribution in [3.63, 3.8) is 0 Å². The number of aliphatic hydroxyl groups is 1. The molecule has 2 saturated heterocycles. The molecule has 2 aliphatic rings. The van der Waals surface area contributed by atoms with Gasteiger partial charge in [0.1, 0.15) is 0 Å². The fraction of sp³-hybridized carbons (Fsp3) is 0.647. The SMILES string of the molecule is CN1CCC(O)CC12CCCN(Cc1ccccc1)C2. The highest BCUT2D eigenvalue weighted by Gasteiger charge is 2.42. The third-order valence-electron chi connectivity index (χ3n) is 5.11. The van der Waals surface area contributed by atoms with E-state index < -0.39 is 0 Å². The summed E-state index contributed by atoms with van der Waals surface area (Å²) in [6.07, 6.45) is 4.23. The summed E-state index contributed by atoms with van der Waals surface area (Å²) in [5, 5.41) is 10.1. The highest BCUT2D eigenvalue weighted by molar-refractivity contribution is 5.15. The molecule has 2 heterocycles. The molecule has 1 N–H and O–H groups in total. The van der Waals surface area contributed by atoms with Crippen LogP contribution in [0.25, 0.3) is 0 Å². The van der Waals surface area contributed by atoms with E-state index in [0.29, 0.717) is 0 Å². The van der Waals surface area contributed by atoms with E-state index in [1.807, 2.05) is 0 Å². The lowest BCUT2D eigenvalue weighted by Crippen LogP contribution is -2.61. The zero-order valence-corrected chi connectivity index (χ0v) is 12.5. The molecule has 2 unspecified atom stereocenters. The average Bonchev–Trinajstić information content (AvgIpc) is 2.45. The number of piperidine rings is 2. The van der Waals surface area contributed by atoms with Gasteiger partial charge in [0.15, 0.2) is 0 Å². The number of likely N-dealkylation sites (tertiary alicyclic amines) is 2. The molecule has 2 aliphatic heterocycles. The molecular formula is C17H26N2O. The predicted octanol–water partition coefficient (Wildman–Crippen LogP) is 2.11. The van der Waals surface area contributed by atoms with Gasteiger partial charge >= 0.3 is 0 Å². The number of hydrogen-bond donors (Lipinski definition) is 1. The summed E-state index contributed by atoms with van der Waals surface area (Å²) in [6.45, 7) is 4.34. The minimum Gasteiger partial charge on any atom is -0.393 e. The van der Waals surface area contributed by atoms with Crippen molar-refractivity contribution in [1.29, 1.82) is 0 Å². The van der Waals surface area contributed by atoms with Crippen LogP contribution in [0.15, 0.2) is 30.3 Å². The molecule has 0 radical (unpaired) electrons. The summed E-state index contributed by atoms with van der Waals surface area (Å²) in [4.78, 5) is 5.06. The van der Waals surface area contributed by atoms with Crippen molar-refractivity contribution in [3.8, 4) is 0 Å². The molecule has 1 spiro atoms. The Morgan fingerprint density at radius 2 is 2.05 bits per heavy atom. The van der Waals surface area contributed by atoms with Crippen LogP contribution in [0.2, 0.25) is 0 Å². The molecule has 3 heteroatoms. The van der Waals surface area contributed by atoms with Crippen molar-refractivity contribution in [2.24, 2.45) is 0 Å². The van der Waals surface area contributed by atoms with Gasteiger partial charge in [0.05, 0.1) is 6.10 Å². The number of nitrogens with zero attached hydrogens (tertiary/aromatic N) is 2. The standard InChI is InChI=1S/C17H26N2O/c1-18-11-8-16(20)12-17(18)9-5-10-19(14-17)13-15-6-3-2-4-7-15/h2-4,6-7,16,20H,5,8-14H2,1H3. The normalized spacial score (nSPS) is 32.6. The first-order chi connectivity index (χ1) is 9.68. The van der Waals surface area contributed by atoms with Crippen LogP contribution in [0.4, 0.5) is 0 Å². The zero-order valence-electron chi connectivity index (χ0n) is 12.5. The molecule has 0 aromatic heterocycles. The van der Waals surface area contributed by atoms with Gasteiger partial charge in [-0.15, -0.1) is 0 Å². The average molecular weight is 274 g/mol. The van der Waals surface area contributed by atoms with Crippen LogP contribution in [0.1, 0.15) is 31.2 Å². The van der Waals surface area contributed by atoms with Crippen LogP contribution < -0.4 is 0 Å². The topological polar surface area (TPSA) is 26.7 Å².